The fraction of sp³-hybridized carbons (Fsp3) is 0.0588. The second kappa shape index (κ2) is 7.24. The van der Waals surface area contributed by atoms with Crippen LogP contribution in [-0.2, 0) is 14.3 Å². The maximum atomic E-state index is 12.2. The zero-order valence-corrected chi connectivity index (χ0v) is 13.8. The Morgan fingerprint density at radius 1 is 1.15 bits per heavy atom. The zero-order valence-electron chi connectivity index (χ0n) is 13.0. The predicted octanol–water partition coefficient (Wildman–Crippen LogP) is 3.20. The molecule has 2 aromatic rings. The van der Waals surface area contributed by atoms with Crippen molar-refractivity contribution in [2.75, 3.05) is 5.32 Å². The number of nitro groups is 1. The molecule has 0 bridgehead atoms. The van der Waals surface area contributed by atoms with Crippen molar-refractivity contribution in [2.24, 2.45) is 0 Å². The number of halogens is 1. The van der Waals surface area contributed by atoms with Crippen molar-refractivity contribution in [1.82, 2.24) is 0 Å². The molecule has 0 saturated heterocycles. The Bertz CT molecular complexity index is 895. The lowest BCUT2D eigenvalue weighted by Crippen LogP contribution is -2.24. The minimum absolute atomic E-state index is 0.0636. The highest BCUT2D eigenvalue weighted by molar-refractivity contribution is 6.42. The number of ether oxygens (including phenoxy) is 2. The van der Waals surface area contributed by atoms with Crippen LogP contribution in [0.15, 0.2) is 65.3 Å². The second-order valence-corrected chi connectivity index (χ2v) is 5.54. The Kier molecular flexibility index (Phi) is 4.85. The number of nitrogens with one attached hydrogen (secondary N) is 1. The van der Waals surface area contributed by atoms with Crippen molar-refractivity contribution >= 4 is 34.9 Å². The van der Waals surface area contributed by atoms with E-state index >= 15 is 0 Å². The van der Waals surface area contributed by atoms with Crippen LogP contribution in [0.5, 0.6) is 0 Å². The number of nitro benzene ring substituents is 1. The molecule has 8 nitrogen and oxygen atoms in total. The maximum Gasteiger partial charge on any atom is 0.355 e. The van der Waals surface area contributed by atoms with E-state index in [0.717, 1.165) is 0 Å². The molecule has 26 heavy (non-hydrogen) atoms. The van der Waals surface area contributed by atoms with Crippen LogP contribution in [0.1, 0.15) is 10.4 Å². The van der Waals surface area contributed by atoms with E-state index in [2.05, 4.69) is 5.32 Å². The summed E-state index contributed by atoms with van der Waals surface area (Å²) in [5.74, 6) is -1.65. The number of para-hydroxylation sites is 1. The fourth-order valence-electron chi connectivity index (χ4n) is 2.18. The maximum absolute atomic E-state index is 12.2. The Morgan fingerprint density at radius 3 is 2.42 bits per heavy atom. The van der Waals surface area contributed by atoms with Crippen molar-refractivity contribution in [1.29, 1.82) is 0 Å². The quantitative estimate of drug-likeness (QED) is 0.486. The van der Waals surface area contributed by atoms with Gasteiger partial charge in [0.1, 0.15) is 5.70 Å². The van der Waals surface area contributed by atoms with Crippen molar-refractivity contribution in [3.05, 3.63) is 81.0 Å². The van der Waals surface area contributed by atoms with E-state index in [-0.39, 0.29) is 22.0 Å². The van der Waals surface area contributed by atoms with Gasteiger partial charge in [-0.15, -0.1) is 0 Å². The smallest absolute Gasteiger partial charge is 0.355 e. The summed E-state index contributed by atoms with van der Waals surface area (Å²) in [4.78, 5) is 34.0. The number of carbonyl (C=O) groups is 2. The monoisotopic (exact) mass is 374 g/mol. The van der Waals surface area contributed by atoms with E-state index in [1.165, 1.54) is 24.3 Å². The number of nitrogens with zero attached hydrogens (tertiary/aromatic N) is 1. The molecule has 3 rings (SSSR count). The third-order valence-corrected chi connectivity index (χ3v) is 3.80. The number of non-ortho nitro benzene ring substituents is 1. The zero-order chi connectivity index (χ0) is 18.7. The molecule has 9 heteroatoms. The van der Waals surface area contributed by atoms with Gasteiger partial charge in [0.25, 0.3) is 12.0 Å². The van der Waals surface area contributed by atoms with Crippen molar-refractivity contribution in [3.8, 4) is 0 Å². The molecule has 2 aromatic carbocycles. The molecule has 1 atom stereocenters. The number of esters is 2. The number of carbonyl (C=O) groups excluding carboxylic acids is 2. The van der Waals surface area contributed by atoms with Crippen LogP contribution in [0.3, 0.4) is 0 Å². The van der Waals surface area contributed by atoms with Crippen LogP contribution >= 0.6 is 11.6 Å². The molecule has 1 N–H and O–H groups in total. The highest BCUT2D eigenvalue weighted by atomic mass is 35.5. The Morgan fingerprint density at radius 2 is 1.81 bits per heavy atom. The fourth-order valence-corrected chi connectivity index (χ4v) is 2.36. The summed E-state index contributed by atoms with van der Waals surface area (Å²) in [5, 5.41) is 13.3. The van der Waals surface area contributed by atoms with Crippen molar-refractivity contribution in [3.63, 3.8) is 0 Å². The number of anilines is 1. The van der Waals surface area contributed by atoms with Crippen LogP contribution < -0.4 is 5.32 Å². The van der Waals surface area contributed by atoms with E-state index in [0.29, 0.717) is 5.69 Å². The van der Waals surface area contributed by atoms with Crippen molar-refractivity contribution < 1.29 is 24.0 Å². The van der Waals surface area contributed by atoms with Gasteiger partial charge in [-0.1, -0.05) is 29.8 Å². The van der Waals surface area contributed by atoms with Crippen LogP contribution in [0.25, 0.3) is 0 Å². The molecule has 132 valence electrons. The summed E-state index contributed by atoms with van der Waals surface area (Å²) in [7, 11) is 0. The van der Waals surface area contributed by atoms with Gasteiger partial charge >= 0.3 is 11.9 Å². The van der Waals surface area contributed by atoms with Gasteiger partial charge < -0.3 is 14.8 Å². The van der Waals surface area contributed by atoms with Gasteiger partial charge in [-0.05, 0) is 24.3 Å². The third-order valence-electron chi connectivity index (χ3n) is 3.45. The van der Waals surface area contributed by atoms with Gasteiger partial charge in [0, 0.05) is 17.8 Å². The molecule has 0 saturated carbocycles. The Balaban J connectivity index is 1.76. The standard InChI is InChI=1S/C17H11ClN2O6/c18-13-14(19-11-4-2-1-3-5-11)17(26-16(13)22)25-15(21)10-6-8-12(9-7-10)20(23)24/h1-9,17,19H/t17-/m0/s1. The van der Waals surface area contributed by atoms with E-state index in [4.69, 9.17) is 21.1 Å². The molecule has 1 aliphatic heterocycles. The second-order valence-electron chi connectivity index (χ2n) is 5.17. The number of rotatable bonds is 5. The van der Waals surface area contributed by atoms with Gasteiger partial charge in [0.05, 0.1) is 10.5 Å². The summed E-state index contributed by atoms with van der Waals surface area (Å²) in [6, 6.07) is 13.6. The lowest BCUT2D eigenvalue weighted by molar-refractivity contribution is -0.384. The lowest BCUT2D eigenvalue weighted by Gasteiger charge is -2.16. The first kappa shape index (κ1) is 17.4. The minimum Gasteiger partial charge on any atom is -0.415 e. The first-order valence-electron chi connectivity index (χ1n) is 7.34. The summed E-state index contributed by atoms with van der Waals surface area (Å²) in [6.07, 6.45) is -1.35. The highest BCUT2D eigenvalue weighted by Crippen LogP contribution is 2.28. The van der Waals surface area contributed by atoms with Gasteiger partial charge in [-0.3, -0.25) is 10.1 Å². The number of hydrogen-bond donors (Lipinski definition) is 1. The summed E-state index contributed by atoms with van der Waals surface area (Å²) in [5.41, 5.74) is 0.616. The summed E-state index contributed by atoms with van der Waals surface area (Å²) < 4.78 is 10.1. The minimum atomic E-state index is -1.35. The molecule has 0 spiro atoms. The largest absolute Gasteiger partial charge is 0.415 e. The van der Waals surface area contributed by atoms with Gasteiger partial charge in [-0.25, -0.2) is 9.59 Å². The Labute approximate surface area is 152 Å². The number of cyclic esters (lactones) is 1. The van der Waals surface area contributed by atoms with Gasteiger partial charge in [0.2, 0.25) is 0 Å². The molecule has 0 aliphatic carbocycles. The first-order chi connectivity index (χ1) is 12.5. The molecule has 0 unspecified atom stereocenters. The summed E-state index contributed by atoms with van der Waals surface area (Å²) >= 11 is 5.93. The first-order valence-corrected chi connectivity index (χ1v) is 7.71. The number of hydrogen-bond acceptors (Lipinski definition) is 7. The normalized spacial score (nSPS) is 16.2. The lowest BCUT2D eigenvalue weighted by atomic mass is 10.2. The van der Waals surface area contributed by atoms with Gasteiger partial charge in [-0.2, -0.15) is 0 Å². The molecule has 1 aliphatic rings. The average molecular weight is 375 g/mol. The SMILES string of the molecule is O=C1O[C@H](OC(=O)c2ccc([N+](=O)[O-])cc2)C(Nc2ccccc2)=C1Cl. The average Bonchev–Trinajstić information content (AvgIpc) is 2.90. The van der Waals surface area contributed by atoms with Crippen LogP contribution in [0, 0.1) is 10.1 Å². The van der Waals surface area contributed by atoms with Gasteiger partial charge in [0.15, 0.2) is 5.03 Å². The van der Waals surface area contributed by atoms with Crippen LogP contribution in [0.2, 0.25) is 0 Å². The summed E-state index contributed by atoms with van der Waals surface area (Å²) in [6.45, 7) is 0. The van der Waals surface area contributed by atoms with Crippen LogP contribution in [-0.4, -0.2) is 23.2 Å². The van der Waals surface area contributed by atoms with E-state index in [9.17, 15) is 19.7 Å². The molecular formula is C17H11ClN2O6. The number of benzene rings is 2. The van der Waals surface area contributed by atoms with Crippen molar-refractivity contribution in [2.45, 2.75) is 6.29 Å². The topological polar surface area (TPSA) is 108 Å². The molecule has 0 aromatic heterocycles. The third kappa shape index (κ3) is 3.65. The molecular weight excluding hydrogens is 364 g/mol. The van der Waals surface area contributed by atoms with Crippen LogP contribution in [0.4, 0.5) is 11.4 Å². The molecule has 0 amide bonds. The highest BCUT2D eigenvalue weighted by Gasteiger charge is 2.36. The van der Waals surface area contributed by atoms with E-state index in [1.54, 1.807) is 24.3 Å². The van der Waals surface area contributed by atoms with E-state index < -0.39 is 23.2 Å². The molecule has 0 radical (unpaired) electrons. The molecule has 1 heterocycles. The van der Waals surface area contributed by atoms with E-state index in [1.807, 2.05) is 6.07 Å². The Hall–Kier alpha value is -3.39. The predicted molar refractivity (Wildman–Crippen MR) is 91.3 cm³/mol. The molecule has 0 fully saturated rings.